The van der Waals surface area contributed by atoms with Crippen LogP contribution < -0.4 is 0 Å². The van der Waals surface area contributed by atoms with Crippen molar-refractivity contribution in [2.45, 2.75) is 0 Å². The van der Waals surface area contributed by atoms with E-state index in [-0.39, 0.29) is 59.1 Å². The van der Waals surface area contributed by atoms with Crippen LogP contribution in [0.5, 0.6) is 0 Å². The second-order valence-electron chi connectivity index (χ2n) is 0.513. The van der Waals surface area contributed by atoms with Crippen LogP contribution in [0.15, 0.2) is 0 Å². The molecular weight excluding hydrogens is 185 g/mol. The molecule has 0 unspecified atom stereocenters. The molecule has 7 heavy (non-hydrogen) atoms. The third kappa shape index (κ3) is 64.0. The van der Waals surface area contributed by atoms with E-state index in [2.05, 4.69) is 0 Å². The van der Waals surface area contributed by atoms with Crippen LogP contribution in [-0.2, 0) is 3.74 Å². The molecule has 2 radical (unpaired) electrons. The Morgan fingerprint density at radius 2 is 1.00 bits per heavy atom. The summed E-state index contributed by atoms with van der Waals surface area (Å²) in [6.45, 7) is 0. The minimum Gasteiger partial charge on any atom is 0 e. The van der Waals surface area contributed by atoms with Crippen molar-refractivity contribution in [3.05, 3.63) is 0 Å². The van der Waals surface area contributed by atoms with Gasteiger partial charge in [-0.05, 0) is 0 Å². The molecule has 0 aromatic rings. The average molecular weight is 188 g/mol. The summed E-state index contributed by atoms with van der Waals surface area (Å²) in [4.78, 5) is 0. The fourth-order valence-corrected chi connectivity index (χ4v) is 0. The molecule has 0 aliphatic rings. The van der Waals surface area contributed by atoms with Crippen molar-refractivity contribution in [3.63, 3.8) is 0 Å². The van der Waals surface area contributed by atoms with Gasteiger partial charge in [0, 0.05) is 59.1 Å². The first kappa shape index (κ1) is 16.1. The first-order valence-electron chi connectivity index (χ1n) is 0.783. The summed E-state index contributed by atoms with van der Waals surface area (Å²) in [5.74, 6) is 0. The standard InChI is InChI=1S/AsH3O4.2Na/c2-1(3,4)5;;/h(H3,2,3,4,5);;. The molecule has 0 aromatic heterocycles. The molecule has 0 amide bonds. The van der Waals surface area contributed by atoms with Gasteiger partial charge in [-0.3, -0.25) is 0 Å². The Bertz CT molecular complexity index is 55.8. The van der Waals surface area contributed by atoms with Gasteiger partial charge in [-0.1, -0.05) is 0 Å². The van der Waals surface area contributed by atoms with Crippen LogP contribution in [0.2, 0.25) is 0 Å². The van der Waals surface area contributed by atoms with E-state index >= 15 is 0 Å². The molecule has 0 bridgehead atoms. The van der Waals surface area contributed by atoms with E-state index in [1.165, 1.54) is 0 Å². The van der Waals surface area contributed by atoms with Gasteiger partial charge in [0.15, 0.2) is 0 Å². The molecule has 0 saturated heterocycles. The van der Waals surface area contributed by atoms with Gasteiger partial charge >= 0.3 is 30.5 Å². The van der Waals surface area contributed by atoms with E-state index in [0.29, 0.717) is 0 Å². The van der Waals surface area contributed by atoms with E-state index < -0.39 is 14.5 Å². The first-order chi connectivity index (χ1) is 2.00. The predicted molar refractivity (Wildman–Crippen MR) is 24.6 cm³/mol. The third-order valence-electron chi connectivity index (χ3n) is 0. The van der Waals surface area contributed by atoms with E-state index in [1.807, 2.05) is 0 Å². The van der Waals surface area contributed by atoms with Crippen molar-refractivity contribution in [2.24, 2.45) is 0 Å². The van der Waals surface area contributed by atoms with Gasteiger partial charge in [-0.2, -0.15) is 0 Å². The van der Waals surface area contributed by atoms with Crippen molar-refractivity contribution in [2.75, 3.05) is 0 Å². The maximum absolute atomic E-state index is 8.94. The van der Waals surface area contributed by atoms with Crippen LogP contribution in [-0.4, -0.2) is 85.9 Å². The summed E-state index contributed by atoms with van der Waals surface area (Å²) in [6, 6.07) is 0. The molecule has 34 valence electrons. The number of hydrogen-bond acceptors (Lipinski definition) is 1. The second-order valence-corrected chi connectivity index (χ2v) is 2.67. The fraction of sp³-hybridized carbons (Fsp3) is 0. The summed E-state index contributed by atoms with van der Waals surface area (Å²) in [5, 5.41) is 0. The Balaban J connectivity index is -0.0000000800. The number of hydrogen-bond donors (Lipinski definition) is 3. The Morgan fingerprint density at radius 3 is 1.00 bits per heavy atom. The Morgan fingerprint density at radius 1 is 1.00 bits per heavy atom. The van der Waals surface area contributed by atoms with Crippen molar-refractivity contribution >= 4 is 73.6 Å². The molecule has 0 aliphatic heterocycles. The third-order valence-corrected chi connectivity index (χ3v) is 0. The Labute approximate surface area is 88.2 Å². The molecule has 0 fully saturated rings. The maximum atomic E-state index is 8.94. The zero-order valence-corrected chi connectivity index (χ0v) is 10.1. The molecule has 0 rings (SSSR count). The van der Waals surface area contributed by atoms with E-state index in [1.54, 1.807) is 0 Å². The smallest absolute Gasteiger partial charge is 0 e. The van der Waals surface area contributed by atoms with Gasteiger partial charge < -0.3 is 0 Å². The van der Waals surface area contributed by atoms with Crippen molar-refractivity contribution in [1.82, 2.24) is 0 Å². The van der Waals surface area contributed by atoms with Crippen LogP contribution >= 0.6 is 0 Å². The van der Waals surface area contributed by atoms with Gasteiger partial charge in [0.25, 0.3) is 0 Å². The monoisotopic (exact) mass is 188 g/mol. The van der Waals surface area contributed by atoms with Crippen LogP contribution in [0, 0.1) is 0 Å². The SMILES string of the molecule is O=[As](O)(O)O.[Na].[Na]. The fourth-order valence-electron chi connectivity index (χ4n) is 0. The van der Waals surface area contributed by atoms with Crippen LogP contribution in [0.3, 0.4) is 0 Å². The summed E-state index contributed by atoms with van der Waals surface area (Å²) in [5.41, 5.74) is 0. The average Bonchev–Trinajstić information content (AvgIpc) is 0.722. The van der Waals surface area contributed by atoms with Gasteiger partial charge in [0.1, 0.15) is 0 Å². The Hall–Kier alpha value is 2.24. The zero-order valence-electron chi connectivity index (χ0n) is 4.20. The predicted octanol–water partition coefficient (Wildman–Crippen LogP) is -2.93. The topological polar surface area (TPSA) is 77.8 Å². The van der Waals surface area contributed by atoms with E-state index in [4.69, 9.17) is 16.0 Å². The number of rotatable bonds is 0. The van der Waals surface area contributed by atoms with Crippen molar-refractivity contribution < 1.29 is 16.0 Å². The summed E-state index contributed by atoms with van der Waals surface area (Å²) >= 11 is -5.12. The van der Waals surface area contributed by atoms with Crippen LogP contribution in [0.25, 0.3) is 0 Å². The summed E-state index contributed by atoms with van der Waals surface area (Å²) in [6.07, 6.45) is 0. The van der Waals surface area contributed by atoms with Crippen LogP contribution in [0.4, 0.5) is 0 Å². The molecule has 0 spiro atoms. The summed E-state index contributed by atoms with van der Waals surface area (Å²) < 4.78 is 30.7. The molecule has 3 N–H and O–H groups in total. The minimum absolute atomic E-state index is 0. The van der Waals surface area contributed by atoms with Crippen LogP contribution in [0.1, 0.15) is 0 Å². The minimum atomic E-state index is -5.12. The molecule has 0 saturated carbocycles. The largest absolute Gasteiger partial charge is 0 e. The summed E-state index contributed by atoms with van der Waals surface area (Å²) in [7, 11) is 0. The van der Waals surface area contributed by atoms with Gasteiger partial charge in [-0.25, -0.2) is 0 Å². The van der Waals surface area contributed by atoms with Crippen molar-refractivity contribution in [3.8, 4) is 0 Å². The molecule has 7 heteroatoms. The molecule has 0 aromatic carbocycles. The van der Waals surface area contributed by atoms with E-state index in [9.17, 15) is 0 Å². The molecular formula is H3AsNa2O4. The molecule has 0 aliphatic carbocycles. The van der Waals surface area contributed by atoms with E-state index in [0.717, 1.165) is 0 Å². The normalized spacial score (nSPS) is 8.43. The quantitative estimate of drug-likeness (QED) is 0.355. The maximum Gasteiger partial charge on any atom is 0 e. The molecule has 0 heterocycles. The zero-order chi connectivity index (χ0) is 4.50. The van der Waals surface area contributed by atoms with Gasteiger partial charge in [0.05, 0.1) is 0 Å². The molecule has 0 atom stereocenters. The van der Waals surface area contributed by atoms with Gasteiger partial charge in [-0.15, -0.1) is 0 Å². The first-order valence-corrected chi connectivity index (χ1v) is 4.07. The van der Waals surface area contributed by atoms with Crippen molar-refractivity contribution in [1.29, 1.82) is 0 Å². The molecule has 4 nitrogen and oxygen atoms in total. The second kappa shape index (κ2) is 6.36. The Kier molecular flexibility index (Phi) is 14.6. The van der Waals surface area contributed by atoms with Gasteiger partial charge in [0.2, 0.25) is 0 Å².